The number of ether oxygens (including phenoxy) is 2. The Morgan fingerprint density at radius 3 is 2.73 bits per heavy atom. The fourth-order valence-corrected chi connectivity index (χ4v) is 2.89. The highest BCUT2D eigenvalue weighted by molar-refractivity contribution is 5.71. The van der Waals surface area contributed by atoms with E-state index in [9.17, 15) is 0 Å². The summed E-state index contributed by atoms with van der Waals surface area (Å²) in [7, 11) is 3.20. The van der Waals surface area contributed by atoms with Crippen molar-refractivity contribution < 1.29 is 9.47 Å². The van der Waals surface area contributed by atoms with E-state index < -0.39 is 0 Å². The lowest BCUT2D eigenvalue weighted by Crippen LogP contribution is -2.03. The molecule has 1 aromatic carbocycles. The van der Waals surface area contributed by atoms with Gasteiger partial charge >= 0.3 is 0 Å². The summed E-state index contributed by atoms with van der Waals surface area (Å²) in [6.07, 6.45) is 5.29. The molecule has 9 nitrogen and oxygen atoms in total. The van der Waals surface area contributed by atoms with E-state index in [1.54, 1.807) is 32.7 Å². The SMILES string of the molecule is COc1ccc(Nc2n[nH]c(-c3cccnc3NCc3cccnc3)n2)c(OC)c1. The lowest BCUT2D eigenvalue weighted by Gasteiger charge is -2.10. The van der Waals surface area contributed by atoms with Crippen LogP contribution in [-0.2, 0) is 6.54 Å². The average Bonchev–Trinajstić information content (AvgIpc) is 3.27. The van der Waals surface area contributed by atoms with Gasteiger partial charge in [0, 0.05) is 31.2 Å². The Kier molecular flexibility index (Phi) is 5.70. The second-order valence-electron chi connectivity index (χ2n) is 6.31. The van der Waals surface area contributed by atoms with Gasteiger partial charge in [-0.25, -0.2) is 4.98 Å². The van der Waals surface area contributed by atoms with Crippen molar-refractivity contribution in [1.29, 1.82) is 0 Å². The van der Waals surface area contributed by atoms with Gasteiger partial charge in [0.1, 0.15) is 17.3 Å². The van der Waals surface area contributed by atoms with Gasteiger partial charge in [0.05, 0.1) is 25.5 Å². The first-order valence-electron chi connectivity index (χ1n) is 9.26. The predicted octanol–water partition coefficient (Wildman–Crippen LogP) is 3.63. The predicted molar refractivity (Wildman–Crippen MR) is 114 cm³/mol. The molecule has 3 N–H and O–H groups in total. The highest BCUT2D eigenvalue weighted by atomic mass is 16.5. The smallest absolute Gasteiger partial charge is 0.246 e. The summed E-state index contributed by atoms with van der Waals surface area (Å²) < 4.78 is 10.6. The molecule has 0 atom stereocenters. The molecule has 0 aliphatic rings. The number of methoxy groups -OCH3 is 2. The van der Waals surface area contributed by atoms with E-state index in [4.69, 9.17) is 9.47 Å². The Morgan fingerprint density at radius 1 is 1.03 bits per heavy atom. The molecule has 3 heterocycles. The van der Waals surface area contributed by atoms with Gasteiger partial charge in [0.15, 0.2) is 5.82 Å². The molecule has 4 aromatic rings. The van der Waals surface area contributed by atoms with Crippen LogP contribution in [0.3, 0.4) is 0 Å². The zero-order valence-electron chi connectivity index (χ0n) is 16.6. The van der Waals surface area contributed by atoms with Gasteiger partial charge in [-0.05, 0) is 35.9 Å². The third-order valence-electron chi connectivity index (χ3n) is 4.39. The van der Waals surface area contributed by atoms with Crippen LogP contribution in [0, 0.1) is 0 Å². The van der Waals surface area contributed by atoms with Gasteiger partial charge in [-0.3, -0.25) is 10.1 Å². The van der Waals surface area contributed by atoms with E-state index >= 15 is 0 Å². The van der Waals surface area contributed by atoms with Gasteiger partial charge < -0.3 is 20.1 Å². The van der Waals surface area contributed by atoms with Crippen LogP contribution in [0.5, 0.6) is 11.5 Å². The van der Waals surface area contributed by atoms with Crippen molar-refractivity contribution in [2.45, 2.75) is 6.54 Å². The number of nitrogens with zero attached hydrogens (tertiary/aromatic N) is 4. The normalized spacial score (nSPS) is 10.5. The molecule has 0 radical (unpaired) electrons. The van der Waals surface area contributed by atoms with Gasteiger partial charge in [-0.15, -0.1) is 5.10 Å². The maximum atomic E-state index is 5.41. The van der Waals surface area contributed by atoms with Crippen molar-refractivity contribution in [3.8, 4) is 22.9 Å². The minimum Gasteiger partial charge on any atom is -0.497 e. The summed E-state index contributed by atoms with van der Waals surface area (Å²) in [5.41, 5.74) is 2.59. The second kappa shape index (κ2) is 8.91. The van der Waals surface area contributed by atoms with Crippen LogP contribution in [0.4, 0.5) is 17.5 Å². The molecule has 0 spiro atoms. The maximum Gasteiger partial charge on any atom is 0.246 e. The first-order valence-corrected chi connectivity index (χ1v) is 9.26. The van der Waals surface area contributed by atoms with E-state index in [0.29, 0.717) is 35.6 Å². The van der Waals surface area contributed by atoms with Gasteiger partial charge in [-0.1, -0.05) is 6.07 Å². The molecule has 0 aliphatic carbocycles. The number of aromatic nitrogens is 5. The van der Waals surface area contributed by atoms with Crippen molar-refractivity contribution in [2.75, 3.05) is 24.9 Å². The lowest BCUT2D eigenvalue weighted by molar-refractivity contribution is 0.395. The number of hydrogen-bond acceptors (Lipinski definition) is 8. The standard InChI is InChI=1S/C21H21N7O2/c1-29-15-7-8-17(18(11-15)30-2)25-21-26-20(27-28-21)16-6-4-10-23-19(16)24-13-14-5-3-9-22-12-14/h3-12H,13H2,1-2H3,(H,23,24)(H2,25,26,27,28). The summed E-state index contributed by atoms with van der Waals surface area (Å²) in [6, 6.07) is 13.2. The number of rotatable bonds is 8. The Hall–Kier alpha value is -4.14. The minimum absolute atomic E-state index is 0.413. The van der Waals surface area contributed by atoms with Crippen LogP contribution < -0.4 is 20.1 Å². The molecule has 0 saturated carbocycles. The van der Waals surface area contributed by atoms with Crippen molar-refractivity contribution in [2.24, 2.45) is 0 Å². The van der Waals surface area contributed by atoms with Crippen molar-refractivity contribution in [3.63, 3.8) is 0 Å². The summed E-state index contributed by atoms with van der Waals surface area (Å²) in [4.78, 5) is 13.1. The van der Waals surface area contributed by atoms with Gasteiger partial charge in [-0.2, -0.15) is 4.98 Å². The molecule has 30 heavy (non-hydrogen) atoms. The topological polar surface area (TPSA) is 110 Å². The van der Waals surface area contributed by atoms with Crippen molar-refractivity contribution >= 4 is 17.5 Å². The number of pyridine rings is 2. The van der Waals surface area contributed by atoms with Crippen LogP contribution in [0.15, 0.2) is 61.1 Å². The second-order valence-corrected chi connectivity index (χ2v) is 6.31. The maximum absolute atomic E-state index is 5.41. The molecule has 0 saturated heterocycles. The molecule has 3 aromatic heterocycles. The quantitative estimate of drug-likeness (QED) is 0.409. The van der Waals surface area contributed by atoms with Crippen LogP contribution in [-0.4, -0.2) is 39.4 Å². The van der Waals surface area contributed by atoms with Crippen LogP contribution >= 0.6 is 0 Å². The van der Waals surface area contributed by atoms with E-state index in [1.165, 1.54) is 0 Å². The van der Waals surface area contributed by atoms with Crippen molar-refractivity contribution in [3.05, 3.63) is 66.6 Å². The highest BCUT2D eigenvalue weighted by Gasteiger charge is 2.13. The summed E-state index contributed by atoms with van der Waals surface area (Å²) >= 11 is 0. The van der Waals surface area contributed by atoms with Crippen LogP contribution in [0.25, 0.3) is 11.4 Å². The fourth-order valence-electron chi connectivity index (χ4n) is 2.89. The fraction of sp³-hybridized carbons (Fsp3) is 0.143. The Balaban J connectivity index is 1.53. The highest BCUT2D eigenvalue weighted by Crippen LogP contribution is 2.31. The molecule has 152 valence electrons. The van der Waals surface area contributed by atoms with Crippen molar-refractivity contribution in [1.82, 2.24) is 25.1 Å². The largest absolute Gasteiger partial charge is 0.497 e. The van der Waals surface area contributed by atoms with E-state index in [1.807, 2.05) is 42.6 Å². The summed E-state index contributed by atoms with van der Waals surface area (Å²) in [5, 5.41) is 13.7. The zero-order valence-corrected chi connectivity index (χ0v) is 16.6. The molecular formula is C21H21N7O2. The first-order chi connectivity index (χ1) is 14.8. The first kappa shape index (κ1) is 19.2. The van der Waals surface area contributed by atoms with Crippen LogP contribution in [0.1, 0.15) is 5.56 Å². The summed E-state index contributed by atoms with van der Waals surface area (Å²) in [6.45, 7) is 0.597. The monoisotopic (exact) mass is 403 g/mol. The van der Waals surface area contributed by atoms with Crippen LogP contribution in [0.2, 0.25) is 0 Å². The molecule has 0 aliphatic heterocycles. The number of benzene rings is 1. The zero-order chi connectivity index (χ0) is 20.8. The summed E-state index contributed by atoms with van der Waals surface area (Å²) in [5.74, 6) is 3.03. The van der Waals surface area contributed by atoms with E-state index in [-0.39, 0.29) is 0 Å². The number of anilines is 3. The minimum atomic E-state index is 0.413. The number of aromatic amines is 1. The molecule has 9 heteroatoms. The Morgan fingerprint density at radius 2 is 1.93 bits per heavy atom. The third-order valence-corrected chi connectivity index (χ3v) is 4.39. The average molecular weight is 403 g/mol. The molecule has 4 rings (SSSR count). The number of hydrogen-bond donors (Lipinski definition) is 3. The molecule has 0 bridgehead atoms. The Bertz CT molecular complexity index is 1120. The van der Waals surface area contributed by atoms with E-state index in [0.717, 1.165) is 16.8 Å². The molecule has 0 amide bonds. The van der Waals surface area contributed by atoms with Gasteiger partial charge in [0.25, 0.3) is 0 Å². The molecular weight excluding hydrogens is 382 g/mol. The molecule has 0 unspecified atom stereocenters. The molecule has 0 fully saturated rings. The van der Waals surface area contributed by atoms with Gasteiger partial charge in [0.2, 0.25) is 5.95 Å². The number of H-pyrrole nitrogens is 1. The number of nitrogens with one attached hydrogen (secondary N) is 3. The van der Waals surface area contributed by atoms with E-state index in [2.05, 4.69) is 35.8 Å². The third kappa shape index (κ3) is 4.30. The lowest BCUT2D eigenvalue weighted by atomic mass is 10.2. The Labute approximate surface area is 173 Å².